The van der Waals surface area contributed by atoms with E-state index in [1.165, 1.54) is 19.3 Å². The highest BCUT2D eigenvalue weighted by Gasteiger charge is 2.55. The number of piperazine rings is 1. The Morgan fingerprint density at radius 1 is 0.781 bits per heavy atom. The van der Waals surface area contributed by atoms with Gasteiger partial charge in [0, 0.05) is 26.2 Å². The van der Waals surface area contributed by atoms with Gasteiger partial charge in [0.15, 0.2) is 0 Å². The van der Waals surface area contributed by atoms with Crippen molar-refractivity contribution in [3.8, 4) is 0 Å². The maximum atomic E-state index is 13.5. The molecule has 1 aromatic carbocycles. The lowest BCUT2D eigenvalue weighted by molar-refractivity contribution is -0.160. The first-order chi connectivity index (χ1) is 15.4. The largest absolute Gasteiger partial charge is 0.339 e. The second-order valence-corrected chi connectivity index (χ2v) is 10.6. The number of hydrogen-bond acceptors (Lipinski definition) is 4. The molecule has 0 radical (unpaired) electrons. The molecule has 7 heteroatoms. The molecule has 0 spiro atoms. The number of fused-ring (bicyclic) bond motifs is 1. The van der Waals surface area contributed by atoms with E-state index < -0.39 is 11.8 Å². The van der Waals surface area contributed by atoms with Crippen molar-refractivity contribution in [1.29, 1.82) is 0 Å². The maximum Gasteiger partial charge on any atom is 0.262 e. The molecule has 2 aliphatic heterocycles. The smallest absolute Gasteiger partial charge is 0.262 e. The van der Waals surface area contributed by atoms with Crippen LogP contribution < -0.4 is 0 Å². The maximum absolute atomic E-state index is 13.5. The summed E-state index contributed by atoms with van der Waals surface area (Å²) in [6, 6.07) is 6.68. The first-order valence-electron chi connectivity index (χ1n) is 12.0. The van der Waals surface area contributed by atoms with Gasteiger partial charge < -0.3 is 9.80 Å². The fourth-order valence-corrected chi connectivity index (χ4v) is 7.48. The highest BCUT2D eigenvalue weighted by Crippen LogP contribution is 2.60. The van der Waals surface area contributed by atoms with E-state index in [1.807, 2.05) is 4.90 Å². The highest BCUT2D eigenvalue weighted by atomic mass is 16.2. The Morgan fingerprint density at radius 3 is 1.75 bits per heavy atom. The molecule has 32 heavy (non-hydrogen) atoms. The molecule has 0 aromatic heterocycles. The van der Waals surface area contributed by atoms with Gasteiger partial charge in [-0.2, -0.15) is 0 Å². The zero-order valence-corrected chi connectivity index (χ0v) is 18.3. The fraction of sp³-hybridized carbons (Fsp3) is 0.600. The third-order valence-corrected chi connectivity index (χ3v) is 8.58. The summed E-state index contributed by atoms with van der Waals surface area (Å²) in [4.78, 5) is 56.2. The van der Waals surface area contributed by atoms with E-state index in [2.05, 4.69) is 0 Å². The van der Waals surface area contributed by atoms with E-state index in [0.29, 0.717) is 43.2 Å². The van der Waals surface area contributed by atoms with E-state index in [4.69, 9.17) is 0 Å². The molecule has 4 saturated carbocycles. The quantitative estimate of drug-likeness (QED) is 0.682. The molecule has 0 N–H and O–H groups in total. The summed E-state index contributed by atoms with van der Waals surface area (Å²) in [6.45, 7) is 1.75. The minimum atomic E-state index is -0.408. The third kappa shape index (κ3) is 3.00. The zero-order valence-electron chi connectivity index (χ0n) is 18.3. The lowest BCUT2D eigenvalue weighted by Crippen LogP contribution is -2.59. The molecule has 4 bridgehead atoms. The van der Waals surface area contributed by atoms with E-state index in [9.17, 15) is 19.2 Å². The molecule has 0 atom stereocenters. The van der Waals surface area contributed by atoms with Crippen molar-refractivity contribution in [2.45, 2.75) is 38.5 Å². The lowest BCUT2D eigenvalue weighted by Gasteiger charge is -2.57. The normalized spacial score (nSPS) is 33.1. The average molecular weight is 436 g/mol. The summed E-state index contributed by atoms with van der Waals surface area (Å²) in [6.07, 6.45) is 7.09. The Bertz CT molecular complexity index is 940. The van der Waals surface area contributed by atoms with E-state index >= 15 is 0 Å². The summed E-state index contributed by atoms with van der Waals surface area (Å²) >= 11 is 0. The second-order valence-electron chi connectivity index (χ2n) is 10.6. The molecule has 4 aliphatic carbocycles. The number of amides is 4. The van der Waals surface area contributed by atoms with Crippen LogP contribution in [0, 0.1) is 23.2 Å². The topological polar surface area (TPSA) is 78.0 Å². The predicted octanol–water partition coefficient (Wildman–Crippen LogP) is 2.17. The van der Waals surface area contributed by atoms with Crippen molar-refractivity contribution in [2.75, 3.05) is 32.7 Å². The zero-order chi connectivity index (χ0) is 22.0. The number of nitrogens with zero attached hydrogens (tertiary/aromatic N) is 3. The molecule has 5 fully saturated rings. The van der Waals surface area contributed by atoms with Crippen LogP contribution in [0.1, 0.15) is 59.2 Å². The molecule has 7 nitrogen and oxygen atoms in total. The average Bonchev–Trinajstić information content (AvgIpc) is 3.03. The van der Waals surface area contributed by atoms with Crippen LogP contribution >= 0.6 is 0 Å². The fourth-order valence-electron chi connectivity index (χ4n) is 7.48. The minimum Gasteiger partial charge on any atom is -0.339 e. The summed E-state index contributed by atoms with van der Waals surface area (Å²) in [7, 11) is 0. The molecule has 6 aliphatic rings. The van der Waals surface area contributed by atoms with Gasteiger partial charge in [0.2, 0.25) is 11.8 Å². The number of rotatable bonds is 3. The molecular formula is C25H29N3O4. The third-order valence-electron chi connectivity index (χ3n) is 8.58. The van der Waals surface area contributed by atoms with Gasteiger partial charge in [0.1, 0.15) is 6.54 Å². The van der Waals surface area contributed by atoms with Gasteiger partial charge in [-0.3, -0.25) is 24.1 Å². The van der Waals surface area contributed by atoms with Crippen LogP contribution in [0.25, 0.3) is 0 Å². The summed E-state index contributed by atoms with van der Waals surface area (Å²) < 4.78 is 0. The monoisotopic (exact) mass is 435 g/mol. The summed E-state index contributed by atoms with van der Waals surface area (Å²) in [5, 5.41) is 0. The van der Waals surface area contributed by atoms with E-state index in [0.717, 1.165) is 41.9 Å². The van der Waals surface area contributed by atoms with Crippen LogP contribution in [0.5, 0.6) is 0 Å². The Morgan fingerprint density at radius 2 is 1.25 bits per heavy atom. The minimum absolute atomic E-state index is 0.152. The molecule has 7 rings (SSSR count). The molecular weight excluding hydrogens is 406 g/mol. The standard InChI is InChI=1S/C25H29N3O4/c29-21(15-28-22(30)19-3-1-2-4-20(19)23(28)31)26-5-7-27(8-6-26)24(32)25-12-16-9-17(13-25)11-18(10-16)14-25/h1-4,16-18H,5-15H2. The van der Waals surface area contributed by atoms with Crippen molar-refractivity contribution >= 4 is 23.6 Å². The van der Waals surface area contributed by atoms with Gasteiger partial charge in [-0.15, -0.1) is 0 Å². The highest BCUT2D eigenvalue weighted by molar-refractivity contribution is 6.22. The van der Waals surface area contributed by atoms with Crippen LogP contribution in [0.2, 0.25) is 0 Å². The molecule has 1 aromatic rings. The van der Waals surface area contributed by atoms with Crippen molar-refractivity contribution in [2.24, 2.45) is 23.2 Å². The molecule has 1 saturated heterocycles. The van der Waals surface area contributed by atoms with Gasteiger partial charge >= 0.3 is 0 Å². The van der Waals surface area contributed by atoms with Crippen LogP contribution in [-0.4, -0.2) is 71.1 Å². The van der Waals surface area contributed by atoms with Crippen molar-refractivity contribution in [3.63, 3.8) is 0 Å². The molecule has 168 valence electrons. The van der Waals surface area contributed by atoms with Crippen LogP contribution in [0.4, 0.5) is 0 Å². The number of carbonyl (C=O) groups excluding carboxylic acids is 4. The molecule has 2 heterocycles. The number of imide groups is 1. The molecule has 0 unspecified atom stereocenters. The summed E-state index contributed by atoms with van der Waals surface area (Å²) in [5.41, 5.74) is 0.564. The Balaban J connectivity index is 1.07. The Kier molecular flexibility index (Phi) is 4.46. The van der Waals surface area contributed by atoms with Crippen molar-refractivity contribution in [3.05, 3.63) is 35.4 Å². The summed E-state index contributed by atoms with van der Waals surface area (Å²) in [5.74, 6) is 1.45. The van der Waals surface area contributed by atoms with Gasteiger partial charge in [-0.05, 0) is 68.4 Å². The van der Waals surface area contributed by atoms with Gasteiger partial charge in [0.05, 0.1) is 16.5 Å². The van der Waals surface area contributed by atoms with Gasteiger partial charge in [-0.25, -0.2) is 0 Å². The Labute approximate surface area is 187 Å². The van der Waals surface area contributed by atoms with Gasteiger partial charge in [-0.1, -0.05) is 12.1 Å². The molecule has 4 amide bonds. The second kappa shape index (κ2) is 7.15. The van der Waals surface area contributed by atoms with Crippen LogP contribution in [0.3, 0.4) is 0 Å². The van der Waals surface area contributed by atoms with Gasteiger partial charge in [0.25, 0.3) is 11.8 Å². The van der Waals surface area contributed by atoms with Crippen molar-refractivity contribution < 1.29 is 19.2 Å². The SMILES string of the molecule is O=C(CN1C(=O)c2ccccc2C1=O)N1CCN(C(=O)C23CC4CC(CC(C4)C2)C3)CC1. The number of hydrogen-bond donors (Lipinski definition) is 0. The van der Waals surface area contributed by atoms with E-state index in [-0.39, 0.29) is 17.9 Å². The van der Waals surface area contributed by atoms with Crippen LogP contribution in [0.15, 0.2) is 24.3 Å². The first-order valence-corrected chi connectivity index (χ1v) is 12.0. The number of benzene rings is 1. The van der Waals surface area contributed by atoms with Crippen molar-refractivity contribution in [1.82, 2.24) is 14.7 Å². The van der Waals surface area contributed by atoms with E-state index in [1.54, 1.807) is 29.2 Å². The lowest BCUT2D eigenvalue weighted by atomic mass is 9.49. The van der Waals surface area contributed by atoms with Crippen LogP contribution in [-0.2, 0) is 9.59 Å². The predicted molar refractivity (Wildman–Crippen MR) is 116 cm³/mol. The Hall–Kier alpha value is -2.70. The number of carbonyl (C=O) groups is 4. The first kappa shape index (κ1) is 19.9.